The van der Waals surface area contributed by atoms with Crippen molar-refractivity contribution in [3.63, 3.8) is 0 Å². The molecule has 0 aliphatic carbocycles. The van der Waals surface area contributed by atoms with E-state index in [9.17, 15) is 24.0 Å². The molecule has 0 radical (unpaired) electrons. The molecule has 0 aliphatic heterocycles. The number of hydrogen-bond donors (Lipinski definition) is 4. The van der Waals surface area contributed by atoms with Gasteiger partial charge in [0.1, 0.15) is 48.1 Å². The molecule has 0 heterocycles. The van der Waals surface area contributed by atoms with Crippen LogP contribution in [0.2, 0.25) is 0 Å². The van der Waals surface area contributed by atoms with Crippen molar-refractivity contribution in [2.45, 2.75) is 38.8 Å². The van der Waals surface area contributed by atoms with Crippen molar-refractivity contribution in [2.75, 3.05) is 37.6 Å². The largest absolute Gasteiger partial charge is 0.465 e. The first kappa shape index (κ1) is 39.5. The lowest BCUT2D eigenvalue weighted by Crippen LogP contribution is -2.49. The summed E-state index contributed by atoms with van der Waals surface area (Å²) in [6, 6.07) is 28.7. The summed E-state index contributed by atoms with van der Waals surface area (Å²) in [6.45, 7) is 3.28. The Kier molecular flexibility index (Phi) is 17.1. The monoisotopic (exact) mass is 727 g/mol. The minimum atomic E-state index is -2.26. The quantitative estimate of drug-likeness (QED) is 0.0588. The molecule has 3 amide bonds. The summed E-state index contributed by atoms with van der Waals surface area (Å²) in [5, 5.41) is 11.7. The van der Waals surface area contributed by atoms with Gasteiger partial charge in [-0.2, -0.15) is 0 Å². The molecule has 5 N–H and O–H groups in total. The molecule has 0 fully saturated rings. The highest BCUT2D eigenvalue weighted by atomic mass is 33.1. The number of ether oxygens (including phenoxy) is 2. The third-order valence-corrected chi connectivity index (χ3v) is 13.7. The van der Waals surface area contributed by atoms with Crippen molar-refractivity contribution in [2.24, 2.45) is 5.73 Å². The van der Waals surface area contributed by atoms with Gasteiger partial charge in [-0.3, -0.25) is 24.0 Å². The number of esters is 2. The van der Waals surface area contributed by atoms with Gasteiger partial charge in [0.25, 0.3) is 0 Å². The van der Waals surface area contributed by atoms with Crippen LogP contribution in [0.15, 0.2) is 91.0 Å². The Morgan fingerprint density at radius 1 is 0.735 bits per heavy atom. The molecule has 0 saturated carbocycles. The Bertz CT molecular complexity index is 1410. The minimum Gasteiger partial charge on any atom is -0.465 e. The fraction of sp³-hybridized carbons (Fsp3) is 0.343. The van der Waals surface area contributed by atoms with Crippen molar-refractivity contribution in [1.82, 2.24) is 16.0 Å². The van der Waals surface area contributed by atoms with Gasteiger partial charge in [-0.05, 0) is 56.7 Å². The average molecular weight is 728 g/mol. The van der Waals surface area contributed by atoms with Crippen LogP contribution in [0.5, 0.6) is 0 Å². The Morgan fingerprint density at radius 2 is 1.27 bits per heavy atom. The predicted octanol–water partition coefficient (Wildman–Crippen LogP) is 2.27. The van der Waals surface area contributed by atoms with E-state index in [1.165, 1.54) is 21.6 Å². The standard InChI is InChI=1S/C35H43N4O7PS2/c1-3-45-33(42)22-37-34(43)30(39-31(40)21-20-29(36)35(44)46-4-2)23-48-49-24-32(41)38-25-47(26-14-8-5-9-15-26,27-16-10-6-11-17-27)28-18-12-7-13-19-28/h5-19,29-30H,3-4,20-25,36H2,1-2H3,(H2-,37,38,39,40,41,43)/p+1. The molecule has 262 valence electrons. The normalized spacial score (nSPS) is 12.2. The molecule has 14 heteroatoms. The molecular formula is C35H44N4O7PS2+. The number of carbonyl (C=O) groups is 5. The van der Waals surface area contributed by atoms with E-state index in [0.29, 0.717) is 6.29 Å². The Hall–Kier alpha value is -3.90. The van der Waals surface area contributed by atoms with Gasteiger partial charge >= 0.3 is 11.9 Å². The second-order valence-electron chi connectivity index (χ2n) is 10.7. The van der Waals surface area contributed by atoms with E-state index in [0.717, 1.165) is 15.9 Å². The molecule has 0 saturated heterocycles. The summed E-state index contributed by atoms with van der Waals surface area (Å²) >= 11 is 0. The van der Waals surface area contributed by atoms with Crippen LogP contribution >= 0.6 is 28.9 Å². The maximum Gasteiger partial charge on any atom is 0.325 e. The molecule has 3 aromatic carbocycles. The molecule has 3 rings (SSSR count). The van der Waals surface area contributed by atoms with Crippen LogP contribution < -0.4 is 37.6 Å². The number of benzene rings is 3. The predicted molar refractivity (Wildman–Crippen MR) is 198 cm³/mol. The summed E-state index contributed by atoms with van der Waals surface area (Å²) in [7, 11) is 0.222. The van der Waals surface area contributed by atoms with Crippen molar-refractivity contribution < 1.29 is 33.4 Å². The van der Waals surface area contributed by atoms with Crippen LogP contribution in [0.4, 0.5) is 0 Å². The van der Waals surface area contributed by atoms with Crippen LogP contribution in [0.25, 0.3) is 0 Å². The topological polar surface area (TPSA) is 166 Å². The highest BCUT2D eigenvalue weighted by Gasteiger charge is 2.45. The van der Waals surface area contributed by atoms with E-state index < -0.39 is 43.1 Å². The van der Waals surface area contributed by atoms with E-state index in [2.05, 4.69) is 52.3 Å². The summed E-state index contributed by atoms with van der Waals surface area (Å²) in [6.07, 6.45) is 0.331. The van der Waals surface area contributed by atoms with Gasteiger partial charge in [0.05, 0.1) is 19.0 Å². The summed E-state index contributed by atoms with van der Waals surface area (Å²) < 4.78 is 9.74. The Labute approximate surface area is 296 Å². The van der Waals surface area contributed by atoms with E-state index in [1.807, 2.05) is 54.6 Å². The van der Waals surface area contributed by atoms with Gasteiger partial charge in [0, 0.05) is 12.2 Å². The van der Waals surface area contributed by atoms with Crippen molar-refractivity contribution >= 4 is 74.4 Å². The average Bonchev–Trinajstić information content (AvgIpc) is 3.12. The van der Waals surface area contributed by atoms with E-state index in [-0.39, 0.29) is 50.0 Å². The lowest BCUT2D eigenvalue weighted by atomic mass is 10.1. The number of carbonyl (C=O) groups excluding carboxylic acids is 5. The number of rotatable bonds is 20. The highest BCUT2D eigenvalue weighted by molar-refractivity contribution is 8.76. The van der Waals surface area contributed by atoms with Crippen LogP contribution in [0.3, 0.4) is 0 Å². The van der Waals surface area contributed by atoms with Crippen LogP contribution in [0, 0.1) is 0 Å². The number of amides is 3. The SMILES string of the molecule is CCOC(=O)CNC(=O)C(CSSCC(=O)NC[P+](c1ccccc1)(c1ccccc1)c1ccccc1)NC(=O)CCC(N)C(=O)OCC. The van der Waals surface area contributed by atoms with E-state index in [4.69, 9.17) is 15.2 Å². The van der Waals surface area contributed by atoms with Crippen molar-refractivity contribution in [1.29, 1.82) is 0 Å². The first-order valence-corrected chi connectivity index (χ1v) is 20.4. The smallest absolute Gasteiger partial charge is 0.325 e. The molecule has 0 bridgehead atoms. The fourth-order valence-electron chi connectivity index (χ4n) is 4.84. The molecule has 2 atom stereocenters. The third-order valence-electron chi connectivity index (χ3n) is 7.25. The maximum absolute atomic E-state index is 13.3. The molecular weight excluding hydrogens is 684 g/mol. The molecule has 0 aliphatic rings. The second-order valence-corrected chi connectivity index (χ2v) is 16.7. The van der Waals surface area contributed by atoms with Crippen LogP contribution in [-0.4, -0.2) is 79.3 Å². The summed E-state index contributed by atoms with van der Waals surface area (Å²) in [4.78, 5) is 62.5. The van der Waals surface area contributed by atoms with Crippen molar-refractivity contribution in [3.05, 3.63) is 91.0 Å². The first-order chi connectivity index (χ1) is 23.7. The first-order valence-electron chi connectivity index (χ1n) is 15.9. The Balaban J connectivity index is 1.64. The van der Waals surface area contributed by atoms with Crippen LogP contribution in [0.1, 0.15) is 26.7 Å². The van der Waals surface area contributed by atoms with Crippen molar-refractivity contribution in [3.8, 4) is 0 Å². The van der Waals surface area contributed by atoms with Gasteiger partial charge in [0.15, 0.2) is 0 Å². The van der Waals surface area contributed by atoms with Gasteiger partial charge in [-0.15, -0.1) is 0 Å². The molecule has 2 unspecified atom stereocenters. The number of nitrogens with two attached hydrogens (primary N) is 1. The summed E-state index contributed by atoms with van der Waals surface area (Å²) in [5.41, 5.74) is 5.80. The van der Waals surface area contributed by atoms with Gasteiger partial charge in [0.2, 0.25) is 17.7 Å². The highest BCUT2D eigenvalue weighted by Crippen LogP contribution is 2.54. The van der Waals surface area contributed by atoms with Gasteiger partial charge in [-0.25, -0.2) is 0 Å². The maximum atomic E-state index is 13.3. The Morgan fingerprint density at radius 3 is 1.78 bits per heavy atom. The summed E-state index contributed by atoms with van der Waals surface area (Å²) in [5.74, 6) is -2.27. The molecule has 0 aromatic heterocycles. The second kappa shape index (κ2) is 21.2. The lowest BCUT2D eigenvalue weighted by molar-refractivity contribution is -0.145. The number of hydrogen-bond acceptors (Lipinski definition) is 10. The zero-order valence-electron chi connectivity index (χ0n) is 27.7. The third kappa shape index (κ3) is 12.5. The lowest BCUT2D eigenvalue weighted by Gasteiger charge is -2.27. The molecule has 3 aromatic rings. The fourth-order valence-corrected chi connectivity index (χ4v) is 10.8. The molecule has 11 nitrogen and oxygen atoms in total. The zero-order valence-corrected chi connectivity index (χ0v) is 30.2. The molecule has 0 spiro atoms. The molecule has 49 heavy (non-hydrogen) atoms. The van der Waals surface area contributed by atoms with E-state index in [1.54, 1.807) is 13.8 Å². The van der Waals surface area contributed by atoms with Crippen LogP contribution in [-0.2, 0) is 33.4 Å². The minimum absolute atomic E-state index is 0.0307. The van der Waals surface area contributed by atoms with Gasteiger partial charge < -0.3 is 31.2 Å². The van der Waals surface area contributed by atoms with Gasteiger partial charge in [-0.1, -0.05) is 76.2 Å². The number of nitrogens with one attached hydrogen (secondary N) is 3. The zero-order chi connectivity index (χ0) is 35.5. The van der Waals surface area contributed by atoms with E-state index >= 15 is 0 Å².